The second-order valence-corrected chi connectivity index (χ2v) is 3.47. The Labute approximate surface area is 78.0 Å². The molecule has 1 heterocycles. The summed E-state index contributed by atoms with van der Waals surface area (Å²) >= 11 is 0. The molecule has 0 radical (unpaired) electrons. The van der Waals surface area contributed by atoms with Crippen LogP contribution >= 0.6 is 0 Å². The van der Waals surface area contributed by atoms with Crippen molar-refractivity contribution in [3.05, 3.63) is 34.9 Å². The maximum absolute atomic E-state index is 12.6. The summed E-state index contributed by atoms with van der Waals surface area (Å²) in [6.07, 6.45) is 2.24. The van der Waals surface area contributed by atoms with E-state index in [2.05, 4.69) is 11.4 Å². The maximum Gasteiger partial charge on any atom is 0.115 e. The standard InChI is InChI=1S/C11H14FN/c12-7-10-4-1-3-9-5-2-6-13-8-11(9)10/h1,3-4,13H,2,5-8H2. The van der Waals surface area contributed by atoms with Crippen LogP contribution in [0.1, 0.15) is 23.1 Å². The van der Waals surface area contributed by atoms with Crippen molar-refractivity contribution < 1.29 is 4.39 Å². The van der Waals surface area contributed by atoms with E-state index in [0.29, 0.717) is 0 Å². The summed E-state index contributed by atoms with van der Waals surface area (Å²) in [5, 5.41) is 3.31. The summed E-state index contributed by atoms with van der Waals surface area (Å²) in [7, 11) is 0. The minimum atomic E-state index is -0.342. The van der Waals surface area contributed by atoms with E-state index in [9.17, 15) is 4.39 Å². The first-order chi connectivity index (χ1) is 6.42. The molecule has 1 aromatic rings. The average molecular weight is 179 g/mol. The molecular weight excluding hydrogens is 165 g/mol. The largest absolute Gasteiger partial charge is 0.313 e. The predicted octanol–water partition coefficient (Wildman–Crippen LogP) is 2.19. The van der Waals surface area contributed by atoms with E-state index in [1.54, 1.807) is 0 Å². The molecular formula is C11H14FN. The summed E-state index contributed by atoms with van der Waals surface area (Å²) < 4.78 is 12.6. The molecule has 0 bridgehead atoms. The first-order valence-corrected chi connectivity index (χ1v) is 4.78. The molecule has 1 nitrogen and oxygen atoms in total. The smallest absolute Gasteiger partial charge is 0.115 e. The molecule has 0 saturated heterocycles. The Hall–Kier alpha value is -0.890. The van der Waals surface area contributed by atoms with Crippen molar-refractivity contribution in [2.75, 3.05) is 6.54 Å². The molecule has 0 spiro atoms. The molecule has 13 heavy (non-hydrogen) atoms. The van der Waals surface area contributed by atoms with Gasteiger partial charge in [0.1, 0.15) is 6.67 Å². The summed E-state index contributed by atoms with van der Waals surface area (Å²) in [5.74, 6) is 0. The van der Waals surface area contributed by atoms with Crippen molar-refractivity contribution in [1.82, 2.24) is 5.32 Å². The first kappa shape index (κ1) is 8.70. The lowest BCUT2D eigenvalue weighted by Gasteiger charge is -2.09. The third-order valence-corrected chi connectivity index (χ3v) is 2.62. The topological polar surface area (TPSA) is 12.0 Å². The zero-order chi connectivity index (χ0) is 9.10. The van der Waals surface area contributed by atoms with Gasteiger partial charge in [-0.3, -0.25) is 0 Å². The van der Waals surface area contributed by atoms with Gasteiger partial charge in [-0.15, -0.1) is 0 Å². The molecule has 0 amide bonds. The third-order valence-electron chi connectivity index (χ3n) is 2.62. The zero-order valence-electron chi connectivity index (χ0n) is 7.65. The van der Waals surface area contributed by atoms with E-state index in [1.807, 2.05) is 12.1 Å². The van der Waals surface area contributed by atoms with Gasteiger partial charge in [0.2, 0.25) is 0 Å². The lowest BCUT2D eigenvalue weighted by Crippen LogP contribution is -2.13. The van der Waals surface area contributed by atoms with E-state index in [1.165, 1.54) is 11.1 Å². The molecule has 0 fully saturated rings. The summed E-state index contributed by atoms with van der Waals surface area (Å²) in [4.78, 5) is 0. The molecule has 1 aliphatic rings. The van der Waals surface area contributed by atoms with Crippen LogP contribution in [0.25, 0.3) is 0 Å². The van der Waals surface area contributed by atoms with Crippen molar-refractivity contribution in [2.45, 2.75) is 26.1 Å². The highest BCUT2D eigenvalue weighted by atomic mass is 19.1. The number of benzene rings is 1. The quantitative estimate of drug-likeness (QED) is 0.696. The molecule has 0 aromatic heterocycles. The Kier molecular flexibility index (Phi) is 2.60. The second-order valence-electron chi connectivity index (χ2n) is 3.47. The Morgan fingerprint density at radius 1 is 1.38 bits per heavy atom. The highest BCUT2D eigenvalue weighted by Crippen LogP contribution is 2.19. The fraction of sp³-hybridized carbons (Fsp3) is 0.455. The van der Waals surface area contributed by atoms with E-state index in [4.69, 9.17) is 0 Å². The van der Waals surface area contributed by atoms with Crippen LogP contribution in [0.4, 0.5) is 4.39 Å². The van der Waals surface area contributed by atoms with Crippen LogP contribution in [-0.2, 0) is 19.6 Å². The monoisotopic (exact) mass is 179 g/mol. The van der Waals surface area contributed by atoms with Crippen molar-refractivity contribution in [1.29, 1.82) is 0 Å². The van der Waals surface area contributed by atoms with Gasteiger partial charge in [0.05, 0.1) is 0 Å². The Morgan fingerprint density at radius 3 is 3.15 bits per heavy atom. The van der Waals surface area contributed by atoms with Crippen molar-refractivity contribution >= 4 is 0 Å². The van der Waals surface area contributed by atoms with Gasteiger partial charge in [0.25, 0.3) is 0 Å². The van der Waals surface area contributed by atoms with Gasteiger partial charge < -0.3 is 5.32 Å². The average Bonchev–Trinajstić information content (AvgIpc) is 2.41. The maximum atomic E-state index is 12.6. The van der Waals surface area contributed by atoms with Crippen LogP contribution in [0.3, 0.4) is 0 Å². The van der Waals surface area contributed by atoms with Crippen LogP contribution < -0.4 is 5.32 Å². The normalized spacial score (nSPS) is 16.4. The highest BCUT2D eigenvalue weighted by molar-refractivity contribution is 5.35. The van der Waals surface area contributed by atoms with E-state index >= 15 is 0 Å². The van der Waals surface area contributed by atoms with E-state index < -0.39 is 0 Å². The Balaban J connectivity index is 2.40. The number of fused-ring (bicyclic) bond motifs is 1. The molecule has 0 atom stereocenters. The molecule has 1 aromatic carbocycles. The van der Waals surface area contributed by atoms with Gasteiger partial charge in [0, 0.05) is 6.54 Å². The number of nitrogens with one attached hydrogen (secondary N) is 1. The molecule has 0 aliphatic carbocycles. The van der Waals surface area contributed by atoms with Gasteiger partial charge in [-0.25, -0.2) is 4.39 Å². The van der Waals surface area contributed by atoms with Crippen molar-refractivity contribution in [2.24, 2.45) is 0 Å². The number of alkyl halides is 1. The number of hydrogen-bond acceptors (Lipinski definition) is 1. The highest BCUT2D eigenvalue weighted by Gasteiger charge is 2.10. The molecule has 0 saturated carbocycles. The minimum absolute atomic E-state index is 0.342. The molecule has 1 aliphatic heterocycles. The van der Waals surface area contributed by atoms with Crippen LogP contribution in [0.15, 0.2) is 18.2 Å². The lowest BCUT2D eigenvalue weighted by molar-refractivity contribution is 0.481. The SMILES string of the molecule is FCc1cccc2c1CNCCC2. The van der Waals surface area contributed by atoms with Gasteiger partial charge in [-0.05, 0) is 36.1 Å². The van der Waals surface area contributed by atoms with Crippen LogP contribution in [0.5, 0.6) is 0 Å². The summed E-state index contributed by atoms with van der Waals surface area (Å²) in [6.45, 7) is 1.53. The fourth-order valence-electron chi connectivity index (χ4n) is 1.89. The number of halogens is 1. The summed E-state index contributed by atoms with van der Waals surface area (Å²) in [5.41, 5.74) is 3.36. The van der Waals surface area contributed by atoms with E-state index in [-0.39, 0.29) is 6.67 Å². The molecule has 1 N–H and O–H groups in total. The zero-order valence-corrected chi connectivity index (χ0v) is 7.65. The molecule has 2 heteroatoms. The van der Waals surface area contributed by atoms with Crippen molar-refractivity contribution in [3.8, 4) is 0 Å². The first-order valence-electron chi connectivity index (χ1n) is 4.78. The van der Waals surface area contributed by atoms with Gasteiger partial charge in [0.15, 0.2) is 0 Å². The molecule has 0 unspecified atom stereocenters. The van der Waals surface area contributed by atoms with Gasteiger partial charge in [-0.2, -0.15) is 0 Å². The Morgan fingerprint density at radius 2 is 2.31 bits per heavy atom. The lowest BCUT2D eigenvalue weighted by atomic mass is 9.99. The van der Waals surface area contributed by atoms with Gasteiger partial charge in [-0.1, -0.05) is 18.2 Å². The number of rotatable bonds is 1. The second kappa shape index (κ2) is 3.88. The van der Waals surface area contributed by atoms with Crippen LogP contribution in [-0.4, -0.2) is 6.54 Å². The van der Waals surface area contributed by atoms with Gasteiger partial charge >= 0.3 is 0 Å². The Bertz CT molecular complexity index is 296. The molecule has 70 valence electrons. The molecule has 2 rings (SSSR count). The minimum Gasteiger partial charge on any atom is -0.313 e. The number of hydrogen-bond donors (Lipinski definition) is 1. The predicted molar refractivity (Wildman–Crippen MR) is 51.3 cm³/mol. The fourth-order valence-corrected chi connectivity index (χ4v) is 1.89. The van der Waals surface area contributed by atoms with E-state index in [0.717, 1.165) is 31.5 Å². The van der Waals surface area contributed by atoms with Crippen LogP contribution in [0.2, 0.25) is 0 Å². The van der Waals surface area contributed by atoms with Crippen LogP contribution in [0, 0.1) is 0 Å². The number of aryl methyl sites for hydroxylation is 1. The van der Waals surface area contributed by atoms with Crippen molar-refractivity contribution in [3.63, 3.8) is 0 Å². The third kappa shape index (κ3) is 1.73. The summed E-state index contributed by atoms with van der Waals surface area (Å²) in [6, 6.07) is 5.95.